The molecule has 0 heterocycles. The lowest BCUT2D eigenvalue weighted by atomic mass is 10.0. The standard InChI is InChI=1S/C17H20BrN/c1-11-6-5-7-15(8-11)14(4)19-17-12(2)9-16(18)10-13(17)3/h5-10,14,19H,1-4H3. The Morgan fingerprint density at radius 1 is 1.00 bits per heavy atom. The maximum Gasteiger partial charge on any atom is 0.0485 e. The molecule has 0 fully saturated rings. The van der Waals surface area contributed by atoms with Gasteiger partial charge in [0.1, 0.15) is 0 Å². The van der Waals surface area contributed by atoms with Crippen LogP contribution in [0, 0.1) is 20.8 Å². The van der Waals surface area contributed by atoms with Gasteiger partial charge in [-0.15, -0.1) is 0 Å². The zero-order chi connectivity index (χ0) is 14.0. The third kappa shape index (κ3) is 3.38. The van der Waals surface area contributed by atoms with E-state index >= 15 is 0 Å². The fourth-order valence-electron chi connectivity index (χ4n) is 2.38. The molecular weight excluding hydrogens is 298 g/mol. The van der Waals surface area contributed by atoms with Gasteiger partial charge in [-0.2, -0.15) is 0 Å². The predicted octanol–water partition coefficient (Wildman–Crippen LogP) is 5.55. The number of benzene rings is 2. The van der Waals surface area contributed by atoms with E-state index in [1.54, 1.807) is 0 Å². The highest BCUT2D eigenvalue weighted by Crippen LogP contribution is 2.28. The largest absolute Gasteiger partial charge is 0.378 e. The maximum atomic E-state index is 3.63. The van der Waals surface area contributed by atoms with E-state index < -0.39 is 0 Å². The molecule has 0 radical (unpaired) electrons. The van der Waals surface area contributed by atoms with Crippen LogP contribution in [0.3, 0.4) is 0 Å². The molecule has 1 unspecified atom stereocenters. The lowest BCUT2D eigenvalue weighted by Crippen LogP contribution is -2.09. The highest BCUT2D eigenvalue weighted by Gasteiger charge is 2.09. The third-order valence-electron chi connectivity index (χ3n) is 3.40. The Bertz CT molecular complexity index is 567. The van der Waals surface area contributed by atoms with Gasteiger partial charge >= 0.3 is 0 Å². The van der Waals surface area contributed by atoms with E-state index in [0.29, 0.717) is 6.04 Å². The Morgan fingerprint density at radius 3 is 2.21 bits per heavy atom. The highest BCUT2D eigenvalue weighted by atomic mass is 79.9. The van der Waals surface area contributed by atoms with Crippen LogP contribution in [0.25, 0.3) is 0 Å². The van der Waals surface area contributed by atoms with Crippen LogP contribution in [-0.2, 0) is 0 Å². The maximum absolute atomic E-state index is 3.63. The summed E-state index contributed by atoms with van der Waals surface area (Å²) in [5, 5.41) is 3.63. The predicted molar refractivity (Wildman–Crippen MR) is 86.8 cm³/mol. The van der Waals surface area contributed by atoms with Gasteiger partial charge in [0.25, 0.3) is 0 Å². The summed E-state index contributed by atoms with van der Waals surface area (Å²) in [6.07, 6.45) is 0. The zero-order valence-corrected chi connectivity index (χ0v) is 13.5. The molecule has 2 aromatic carbocycles. The van der Waals surface area contributed by atoms with Crippen molar-refractivity contribution in [2.45, 2.75) is 33.7 Å². The van der Waals surface area contributed by atoms with Gasteiger partial charge < -0.3 is 5.32 Å². The van der Waals surface area contributed by atoms with E-state index in [9.17, 15) is 0 Å². The average Bonchev–Trinajstić information content (AvgIpc) is 2.33. The molecule has 0 saturated heterocycles. The molecule has 2 heteroatoms. The molecule has 0 amide bonds. The second-order valence-electron chi connectivity index (χ2n) is 5.19. The third-order valence-corrected chi connectivity index (χ3v) is 3.86. The summed E-state index contributed by atoms with van der Waals surface area (Å²) in [7, 11) is 0. The zero-order valence-electron chi connectivity index (χ0n) is 11.9. The lowest BCUT2D eigenvalue weighted by molar-refractivity contribution is 0.878. The van der Waals surface area contributed by atoms with E-state index in [1.807, 2.05) is 0 Å². The summed E-state index contributed by atoms with van der Waals surface area (Å²) >= 11 is 3.54. The molecule has 2 rings (SSSR count). The molecule has 100 valence electrons. The fraction of sp³-hybridized carbons (Fsp3) is 0.294. The Balaban J connectivity index is 2.26. The molecule has 0 spiro atoms. The van der Waals surface area contributed by atoms with Crippen molar-refractivity contribution in [3.63, 3.8) is 0 Å². The molecule has 0 aromatic heterocycles. The molecule has 2 aromatic rings. The fourth-order valence-corrected chi connectivity index (χ4v) is 3.06. The van der Waals surface area contributed by atoms with E-state index in [4.69, 9.17) is 0 Å². The minimum absolute atomic E-state index is 0.304. The SMILES string of the molecule is Cc1cccc(C(C)Nc2c(C)cc(Br)cc2C)c1. The van der Waals surface area contributed by atoms with Crippen LogP contribution < -0.4 is 5.32 Å². The van der Waals surface area contributed by atoms with Gasteiger partial charge in [-0.25, -0.2) is 0 Å². The number of hydrogen-bond acceptors (Lipinski definition) is 1. The Kier molecular flexibility index (Phi) is 4.31. The van der Waals surface area contributed by atoms with Gasteiger partial charge in [0.2, 0.25) is 0 Å². The smallest absolute Gasteiger partial charge is 0.0485 e. The Hall–Kier alpha value is -1.28. The van der Waals surface area contributed by atoms with Gasteiger partial charge in [-0.1, -0.05) is 45.8 Å². The summed E-state index contributed by atoms with van der Waals surface area (Å²) in [6.45, 7) is 8.62. The molecule has 0 bridgehead atoms. The summed E-state index contributed by atoms with van der Waals surface area (Å²) in [5.41, 5.74) is 6.40. The van der Waals surface area contributed by atoms with Crippen LogP contribution in [0.15, 0.2) is 40.9 Å². The van der Waals surface area contributed by atoms with Crippen LogP contribution in [-0.4, -0.2) is 0 Å². The second kappa shape index (κ2) is 5.79. The van der Waals surface area contributed by atoms with E-state index in [2.05, 4.69) is 85.3 Å². The summed E-state index contributed by atoms with van der Waals surface area (Å²) < 4.78 is 1.14. The van der Waals surface area contributed by atoms with Crippen molar-refractivity contribution in [3.8, 4) is 0 Å². The van der Waals surface area contributed by atoms with Crippen molar-refractivity contribution < 1.29 is 0 Å². The number of halogens is 1. The number of nitrogens with one attached hydrogen (secondary N) is 1. The van der Waals surface area contributed by atoms with Crippen LogP contribution in [0.1, 0.15) is 35.2 Å². The molecule has 1 N–H and O–H groups in total. The highest BCUT2D eigenvalue weighted by molar-refractivity contribution is 9.10. The Labute approximate surface area is 124 Å². The van der Waals surface area contributed by atoms with Gasteiger partial charge in [0.15, 0.2) is 0 Å². The minimum atomic E-state index is 0.304. The van der Waals surface area contributed by atoms with E-state index in [1.165, 1.54) is 27.9 Å². The first-order valence-corrected chi connectivity index (χ1v) is 7.36. The van der Waals surface area contributed by atoms with Crippen molar-refractivity contribution >= 4 is 21.6 Å². The topological polar surface area (TPSA) is 12.0 Å². The normalized spacial score (nSPS) is 12.3. The molecule has 0 aliphatic heterocycles. The van der Waals surface area contributed by atoms with Crippen LogP contribution in [0.2, 0.25) is 0 Å². The quantitative estimate of drug-likeness (QED) is 0.782. The lowest BCUT2D eigenvalue weighted by Gasteiger charge is -2.20. The molecule has 19 heavy (non-hydrogen) atoms. The van der Waals surface area contributed by atoms with Crippen molar-refractivity contribution in [1.82, 2.24) is 0 Å². The average molecular weight is 318 g/mol. The first-order chi connectivity index (χ1) is 8.97. The van der Waals surface area contributed by atoms with Crippen molar-refractivity contribution in [2.75, 3.05) is 5.32 Å². The molecule has 0 aliphatic rings. The minimum Gasteiger partial charge on any atom is -0.378 e. The van der Waals surface area contributed by atoms with Crippen molar-refractivity contribution in [2.24, 2.45) is 0 Å². The van der Waals surface area contributed by atoms with Crippen molar-refractivity contribution in [3.05, 3.63) is 63.1 Å². The van der Waals surface area contributed by atoms with Crippen LogP contribution in [0.4, 0.5) is 5.69 Å². The monoisotopic (exact) mass is 317 g/mol. The summed E-state index contributed by atoms with van der Waals surface area (Å²) in [6, 6.07) is 13.3. The number of rotatable bonds is 3. The summed E-state index contributed by atoms with van der Waals surface area (Å²) in [4.78, 5) is 0. The van der Waals surface area contributed by atoms with E-state index in [-0.39, 0.29) is 0 Å². The molecule has 1 nitrogen and oxygen atoms in total. The van der Waals surface area contributed by atoms with Crippen LogP contribution >= 0.6 is 15.9 Å². The number of aryl methyl sites for hydroxylation is 3. The molecule has 0 saturated carbocycles. The number of anilines is 1. The van der Waals surface area contributed by atoms with Crippen LogP contribution in [0.5, 0.6) is 0 Å². The number of hydrogen-bond donors (Lipinski definition) is 1. The molecular formula is C17H20BrN. The van der Waals surface area contributed by atoms with E-state index in [0.717, 1.165) is 4.47 Å². The Morgan fingerprint density at radius 2 is 1.63 bits per heavy atom. The first-order valence-electron chi connectivity index (χ1n) is 6.57. The van der Waals surface area contributed by atoms with Gasteiger partial charge in [0, 0.05) is 16.2 Å². The van der Waals surface area contributed by atoms with Crippen molar-refractivity contribution in [1.29, 1.82) is 0 Å². The molecule has 1 atom stereocenters. The van der Waals surface area contributed by atoms with Gasteiger partial charge in [-0.05, 0) is 56.5 Å². The first kappa shape index (κ1) is 14.1. The second-order valence-corrected chi connectivity index (χ2v) is 6.11. The van der Waals surface area contributed by atoms with Gasteiger partial charge in [-0.3, -0.25) is 0 Å². The van der Waals surface area contributed by atoms with Gasteiger partial charge in [0.05, 0.1) is 0 Å². The summed E-state index contributed by atoms with van der Waals surface area (Å²) in [5.74, 6) is 0. The molecule has 0 aliphatic carbocycles.